The molecule has 1 aliphatic carbocycles. The molecular weight excluding hydrogens is 404 g/mol. The van der Waals surface area contributed by atoms with Crippen LogP contribution in [0.1, 0.15) is 63.1 Å². The third kappa shape index (κ3) is 4.12. The number of rotatable bonds is 5. The summed E-state index contributed by atoms with van der Waals surface area (Å²) in [5.74, 6) is 1.19. The van der Waals surface area contributed by atoms with Gasteiger partial charge in [-0.1, -0.05) is 0 Å². The van der Waals surface area contributed by atoms with Gasteiger partial charge in [0.15, 0.2) is 0 Å². The molecule has 1 amide bonds. The van der Waals surface area contributed by atoms with Gasteiger partial charge in [-0.2, -0.15) is 5.10 Å². The van der Waals surface area contributed by atoms with Crippen LogP contribution in [-0.4, -0.2) is 63.4 Å². The van der Waals surface area contributed by atoms with E-state index < -0.39 is 0 Å². The minimum atomic E-state index is 0.0176. The van der Waals surface area contributed by atoms with Crippen LogP contribution in [0.5, 0.6) is 0 Å². The van der Waals surface area contributed by atoms with Gasteiger partial charge in [-0.15, -0.1) is 0 Å². The van der Waals surface area contributed by atoms with Gasteiger partial charge in [-0.25, -0.2) is 9.97 Å². The van der Waals surface area contributed by atoms with Gasteiger partial charge >= 0.3 is 0 Å². The Labute approximate surface area is 190 Å². The van der Waals surface area contributed by atoms with E-state index in [1.165, 1.54) is 12.8 Å². The summed E-state index contributed by atoms with van der Waals surface area (Å²) in [7, 11) is 3.72. The van der Waals surface area contributed by atoms with Crippen LogP contribution in [-0.2, 0) is 16.6 Å². The van der Waals surface area contributed by atoms with Gasteiger partial charge in [0.05, 0.1) is 23.5 Å². The quantitative estimate of drug-likeness (QED) is 0.713. The van der Waals surface area contributed by atoms with Crippen LogP contribution in [0.25, 0.3) is 11.3 Å². The van der Waals surface area contributed by atoms with Gasteiger partial charge in [0.25, 0.3) is 0 Å². The maximum atomic E-state index is 13.5. The van der Waals surface area contributed by atoms with Crippen LogP contribution >= 0.6 is 0 Å². The maximum Gasteiger partial charge on any atom is 0.226 e. The summed E-state index contributed by atoms with van der Waals surface area (Å²) in [6, 6.07) is 1.98. The minimum Gasteiger partial charge on any atom is -0.381 e. The van der Waals surface area contributed by atoms with Gasteiger partial charge in [0, 0.05) is 57.7 Å². The molecule has 8 heteroatoms. The maximum absolute atomic E-state index is 13.5. The van der Waals surface area contributed by atoms with E-state index in [4.69, 9.17) is 14.8 Å². The third-order valence-electron chi connectivity index (χ3n) is 7.37. The number of hydrogen-bond acceptors (Lipinski definition) is 6. The van der Waals surface area contributed by atoms with E-state index in [1.54, 1.807) is 7.11 Å². The van der Waals surface area contributed by atoms with Gasteiger partial charge in [0.1, 0.15) is 0 Å². The number of aromatic nitrogens is 4. The second-order valence-electron chi connectivity index (χ2n) is 9.44. The van der Waals surface area contributed by atoms with Crippen LogP contribution in [0.2, 0.25) is 0 Å². The molecule has 0 aromatic carbocycles. The average molecular weight is 439 g/mol. The molecule has 4 heterocycles. The number of anilines is 1. The molecule has 1 saturated carbocycles. The van der Waals surface area contributed by atoms with Crippen LogP contribution in [0, 0.1) is 5.92 Å². The normalized spacial score (nSPS) is 26.1. The van der Waals surface area contributed by atoms with Gasteiger partial charge in [0.2, 0.25) is 11.9 Å². The number of aryl methyl sites for hydroxylation is 1. The first-order valence-electron chi connectivity index (χ1n) is 12.1. The van der Waals surface area contributed by atoms with Gasteiger partial charge in [-0.3, -0.25) is 9.48 Å². The SMILES string of the molecule is COC1CCC(C(=O)N2CCC[C@@H]2c2nn(C)cc2-c2ccnc(N3CCCC3)n2)CC1. The predicted octanol–water partition coefficient (Wildman–Crippen LogP) is 3.35. The van der Waals surface area contributed by atoms with E-state index in [-0.39, 0.29) is 12.0 Å². The van der Waals surface area contributed by atoms with E-state index in [2.05, 4.69) is 14.8 Å². The fraction of sp³-hybridized carbons (Fsp3) is 0.667. The first-order valence-corrected chi connectivity index (χ1v) is 12.1. The summed E-state index contributed by atoms with van der Waals surface area (Å²) in [5.41, 5.74) is 2.88. The Morgan fingerprint density at radius 1 is 1.06 bits per heavy atom. The number of amides is 1. The first-order chi connectivity index (χ1) is 15.6. The Kier molecular flexibility index (Phi) is 6.13. The average Bonchev–Trinajstić information content (AvgIpc) is 3.59. The Morgan fingerprint density at radius 2 is 1.84 bits per heavy atom. The summed E-state index contributed by atoms with van der Waals surface area (Å²) >= 11 is 0. The number of carbonyl (C=O) groups is 1. The van der Waals surface area contributed by atoms with E-state index >= 15 is 0 Å². The van der Waals surface area contributed by atoms with Crippen molar-refractivity contribution in [1.29, 1.82) is 0 Å². The van der Waals surface area contributed by atoms with Crippen molar-refractivity contribution >= 4 is 11.9 Å². The molecule has 8 nitrogen and oxygen atoms in total. The Bertz CT molecular complexity index is 946. The molecule has 2 aromatic rings. The molecule has 0 N–H and O–H groups in total. The highest BCUT2D eigenvalue weighted by Crippen LogP contribution is 2.39. The molecule has 2 aromatic heterocycles. The zero-order valence-electron chi connectivity index (χ0n) is 19.2. The summed E-state index contributed by atoms with van der Waals surface area (Å²) in [5, 5.41) is 4.83. The molecule has 0 spiro atoms. The van der Waals surface area contributed by atoms with Crippen LogP contribution in [0.4, 0.5) is 5.95 Å². The van der Waals surface area contributed by atoms with Crippen molar-refractivity contribution in [2.75, 3.05) is 31.6 Å². The van der Waals surface area contributed by atoms with E-state index in [1.807, 2.05) is 30.2 Å². The molecule has 3 aliphatic rings. The third-order valence-corrected chi connectivity index (χ3v) is 7.37. The highest BCUT2D eigenvalue weighted by atomic mass is 16.5. The molecule has 2 saturated heterocycles. The second kappa shape index (κ2) is 9.17. The van der Waals surface area contributed by atoms with Crippen LogP contribution < -0.4 is 4.90 Å². The van der Waals surface area contributed by atoms with Crippen molar-refractivity contribution in [3.8, 4) is 11.3 Å². The fourth-order valence-electron chi connectivity index (χ4n) is 5.61. The second-order valence-corrected chi connectivity index (χ2v) is 9.44. The largest absolute Gasteiger partial charge is 0.381 e. The van der Waals surface area contributed by atoms with Crippen molar-refractivity contribution in [2.45, 2.75) is 63.5 Å². The monoisotopic (exact) mass is 438 g/mol. The van der Waals surface area contributed by atoms with Crippen molar-refractivity contribution in [1.82, 2.24) is 24.6 Å². The molecule has 0 bridgehead atoms. The number of nitrogens with zero attached hydrogens (tertiary/aromatic N) is 6. The summed E-state index contributed by atoms with van der Waals surface area (Å²) < 4.78 is 7.35. The molecular formula is C24H34N6O2. The zero-order valence-corrected chi connectivity index (χ0v) is 19.2. The Morgan fingerprint density at radius 3 is 2.59 bits per heavy atom. The molecule has 0 unspecified atom stereocenters. The van der Waals surface area contributed by atoms with Gasteiger partial charge < -0.3 is 14.5 Å². The first kappa shape index (κ1) is 21.4. The standard InChI is InChI=1S/C24H34N6O2/c1-28-16-19(20-11-12-25-24(26-20)29-13-3-4-14-29)22(27-28)21-6-5-15-30(21)23(31)17-7-9-18(32-2)10-8-17/h11-12,16-18,21H,3-10,13-15H2,1-2H3/t17?,18?,21-/m1/s1. The lowest BCUT2D eigenvalue weighted by atomic mass is 9.86. The summed E-state index contributed by atoms with van der Waals surface area (Å²) in [4.78, 5) is 27.2. The Hall–Kier alpha value is -2.48. The van der Waals surface area contributed by atoms with Crippen molar-refractivity contribution in [3.05, 3.63) is 24.2 Å². The van der Waals surface area contributed by atoms with E-state index in [0.717, 1.165) is 81.1 Å². The molecule has 2 aliphatic heterocycles. The molecule has 3 fully saturated rings. The molecule has 5 rings (SSSR count). The summed E-state index contributed by atoms with van der Waals surface area (Å²) in [6.07, 6.45) is 12.3. The van der Waals surface area contributed by atoms with Crippen molar-refractivity contribution in [2.24, 2.45) is 13.0 Å². The molecule has 172 valence electrons. The molecule has 32 heavy (non-hydrogen) atoms. The van der Waals surface area contributed by atoms with Crippen molar-refractivity contribution < 1.29 is 9.53 Å². The van der Waals surface area contributed by atoms with Crippen LogP contribution in [0.3, 0.4) is 0 Å². The smallest absolute Gasteiger partial charge is 0.226 e. The van der Waals surface area contributed by atoms with Crippen molar-refractivity contribution in [3.63, 3.8) is 0 Å². The molecule has 1 atom stereocenters. The zero-order chi connectivity index (χ0) is 22.1. The predicted molar refractivity (Wildman–Crippen MR) is 122 cm³/mol. The number of likely N-dealkylation sites (tertiary alicyclic amines) is 1. The fourth-order valence-corrected chi connectivity index (χ4v) is 5.61. The number of carbonyl (C=O) groups excluding carboxylic acids is 1. The highest BCUT2D eigenvalue weighted by molar-refractivity contribution is 5.80. The lowest BCUT2D eigenvalue weighted by molar-refractivity contribution is -0.138. The lowest BCUT2D eigenvalue weighted by Crippen LogP contribution is -2.38. The topological polar surface area (TPSA) is 76.4 Å². The minimum absolute atomic E-state index is 0.0176. The van der Waals surface area contributed by atoms with E-state index in [9.17, 15) is 4.79 Å². The molecule has 0 radical (unpaired) electrons. The number of methoxy groups -OCH3 is 1. The van der Waals surface area contributed by atoms with E-state index in [0.29, 0.717) is 12.0 Å². The van der Waals surface area contributed by atoms with Gasteiger partial charge in [-0.05, 0) is 57.4 Å². The lowest BCUT2D eigenvalue weighted by Gasteiger charge is -2.32. The number of hydrogen-bond donors (Lipinski definition) is 0. The van der Waals surface area contributed by atoms with Crippen LogP contribution in [0.15, 0.2) is 18.5 Å². The highest BCUT2D eigenvalue weighted by Gasteiger charge is 2.38. The number of ether oxygens (including phenoxy) is 1. The summed E-state index contributed by atoms with van der Waals surface area (Å²) in [6.45, 7) is 2.84. The Balaban J connectivity index is 1.39.